The van der Waals surface area contributed by atoms with Crippen LogP contribution in [0.4, 0.5) is 11.6 Å². The molecule has 0 bridgehead atoms. The van der Waals surface area contributed by atoms with Gasteiger partial charge in [0.2, 0.25) is 0 Å². The van der Waals surface area contributed by atoms with Crippen LogP contribution in [-0.4, -0.2) is 65.6 Å². The van der Waals surface area contributed by atoms with Crippen molar-refractivity contribution in [3.8, 4) is 5.75 Å². The number of aromatic nitrogens is 3. The predicted molar refractivity (Wildman–Crippen MR) is 126 cm³/mol. The Morgan fingerprint density at radius 2 is 2.09 bits per heavy atom. The number of aliphatic hydroxyl groups excluding tert-OH is 1. The molecule has 0 saturated carbocycles. The zero-order valence-corrected chi connectivity index (χ0v) is 19.9. The van der Waals surface area contributed by atoms with Gasteiger partial charge in [-0.15, -0.1) is 0 Å². The fourth-order valence-corrected chi connectivity index (χ4v) is 6.62. The summed E-state index contributed by atoms with van der Waals surface area (Å²) in [6, 6.07) is 2.39. The van der Waals surface area contributed by atoms with Crippen molar-refractivity contribution in [1.29, 1.82) is 0 Å². The average Bonchev–Trinajstić information content (AvgIpc) is 3.46. The van der Waals surface area contributed by atoms with Crippen LogP contribution in [0.25, 0.3) is 0 Å². The number of piperidine rings is 1. The van der Waals surface area contributed by atoms with E-state index < -0.39 is 0 Å². The minimum Gasteiger partial charge on any atom is -0.486 e. The summed E-state index contributed by atoms with van der Waals surface area (Å²) in [5.74, 6) is 3.23. The number of nitrogens with zero attached hydrogens (tertiary/aromatic N) is 5. The van der Waals surface area contributed by atoms with E-state index in [1.165, 1.54) is 11.8 Å². The first-order valence-electron chi connectivity index (χ1n) is 12.0. The zero-order valence-electron chi connectivity index (χ0n) is 19.1. The van der Waals surface area contributed by atoms with Crippen molar-refractivity contribution in [2.75, 3.05) is 49.3 Å². The van der Waals surface area contributed by atoms with Crippen LogP contribution in [0, 0.1) is 11.3 Å². The molecule has 176 valence electrons. The standard InChI is InChI=1S/C24H31N5O3S/c1-16-10-17-14-32-21-19(2-6-25-23(21)29(17)12-16)33-20-11-26-22(18(13-30)27-20)28-7-3-24(4-8-28)5-9-31-15-24/h2,6,11,16-17,30H,3-5,7-10,12-15H2,1H3. The Balaban J connectivity index is 1.21. The molecule has 0 amide bonds. The van der Waals surface area contributed by atoms with E-state index in [1.54, 1.807) is 0 Å². The maximum Gasteiger partial charge on any atom is 0.175 e. The third-order valence-corrected chi connectivity index (χ3v) is 8.59. The Morgan fingerprint density at radius 1 is 1.21 bits per heavy atom. The molecule has 1 spiro atoms. The average molecular weight is 470 g/mol. The van der Waals surface area contributed by atoms with Gasteiger partial charge >= 0.3 is 0 Å². The number of anilines is 2. The van der Waals surface area contributed by atoms with Gasteiger partial charge in [0.15, 0.2) is 17.4 Å². The van der Waals surface area contributed by atoms with Crippen molar-refractivity contribution in [2.24, 2.45) is 11.3 Å². The third-order valence-electron chi connectivity index (χ3n) is 7.64. The normalized spacial score (nSPS) is 25.8. The van der Waals surface area contributed by atoms with Crippen molar-refractivity contribution < 1.29 is 14.6 Å². The number of ether oxygens (including phenoxy) is 2. The van der Waals surface area contributed by atoms with Gasteiger partial charge in [0, 0.05) is 32.4 Å². The summed E-state index contributed by atoms with van der Waals surface area (Å²) < 4.78 is 11.8. The Labute approximate surface area is 198 Å². The molecule has 8 nitrogen and oxygen atoms in total. The molecule has 33 heavy (non-hydrogen) atoms. The molecule has 2 aromatic heterocycles. The maximum absolute atomic E-state index is 10.1. The Kier molecular flexibility index (Phi) is 5.58. The molecule has 4 aliphatic heterocycles. The number of hydrogen-bond acceptors (Lipinski definition) is 9. The van der Waals surface area contributed by atoms with Crippen LogP contribution in [0.5, 0.6) is 5.75 Å². The van der Waals surface area contributed by atoms with E-state index in [2.05, 4.69) is 21.7 Å². The van der Waals surface area contributed by atoms with Gasteiger partial charge in [-0.05, 0) is 43.1 Å². The molecular weight excluding hydrogens is 438 g/mol. The van der Waals surface area contributed by atoms with Crippen molar-refractivity contribution in [3.63, 3.8) is 0 Å². The molecule has 3 fully saturated rings. The summed E-state index contributed by atoms with van der Waals surface area (Å²) in [5, 5.41) is 10.8. The molecule has 2 unspecified atom stereocenters. The van der Waals surface area contributed by atoms with E-state index in [9.17, 15) is 5.11 Å². The van der Waals surface area contributed by atoms with Gasteiger partial charge in [-0.2, -0.15) is 0 Å². The van der Waals surface area contributed by atoms with E-state index in [0.717, 1.165) is 85.8 Å². The summed E-state index contributed by atoms with van der Waals surface area (Å²) >= 11 is 1.53. The highest BCUT2D eigenvalue weighted by Crippen LogP contribution is 2.45. The Bertz CT molecular complexity index is 1020. The first-order valence-corrected chi connectivity index (χ1v) is 12.8. The second-order valence-corrected chi connectivity index (χ2v) is 11.0. The van der Waals surface area contributed by atoms with Crippen LogP contribution >= 0.6 is 11.8 Å². The van der Waals surface area contributed by atoms with E-state index in [1.807, 2.05) is 18.5 Å². The largest absolute Gasteiger partial charge is 0.486 e. The highest BCUT2D eigenvalue weighted by Gasteiger charge is 2.39. The summed E-state index contributed by atoms with van der Waals surface area (Å²) in [7, 11) is 0. The lowest BCUT2D eigenvalue weighted by atomic mass is 9.78. The third kappa shape index (κ3) is 3.94. The first kappa shape index (κ1) is 21.4. The van der Waals surface area contributed by atoms with Crippen LogP contribution in [0.2, 0.25) is 0 Å². The molecule has 0 aliphatic carbocycles. The monoisotopic (exact) mass is 469 g/mol. The van der Waals surface area contributed by atoms with Gasteiger partial charge in [0.25, 0.3) is 0 Å². The van der Waals surface area contributed by atoms with Gasteiger partial charge in [-0.1, -0.05) is 18.7 Å². The van der Waals surface area contributed by atoms with Crippen LogP contribution in [-0.2, 0) is 11.3 Å². The number of aliphatic hydroxyl groups is 1. The lowest BCUT2D eigenvalue weighted by Gasteiger charge is -2.39. The Morgan fingerprint density at radius 3 is 2.88 bits per heavy atom. The number of pyridine rings is 1. The summed E-state index contributed by atoms with van der Waals surface area (Å²) in [5.41, 5.74) is 0.974. The Hall–Kier alpha value is -2.10. The van der Waals surface area contributed by atoms with E-state index >= 15 is 0 Å². The summed E-state index contributed by atoms with van der Waals surface area (Å²) in [6.45, 7) is 7.50. The molecule has 3 saturated heterocycles. The van der Waals surface area contributed by atoms with Crippen LogP contribution in [0.15, 0.2) is 28.4 Å². The molecule has 6 heterocycles. The molecule has 0 radical (unpaired) electrons. The molecule has 6 rings (SSSR count). The van der Waals surface area contributed by atoms with Crippen LogP contribution < -0.4 is 14.5 Å². The summed E-state index contributed by atoms with van der Waals surface area (Å²) in [6.07, 6.45) is 8.18. The fourth-order valence-electron chi connectivity index (χ4n) is 5.76. The topological polar surface area (TPSA) is 83.8 Å². The van der Waals surface area contributed by atoms with Gasteiger partial charge in [-0.3, -0.25) is 0 Å². The number of fused-ring (bicyclic) bond motifs is 3. The SMILES string of the molecule is CC1CC2COc3c(Sc4cnc(N5CCC6(CCOC6)CC5)c(CO)n4)ccnc3N2C1. The van der Waals surface area contributed by atoms with E-state index in [0.29, 0.717) is 29.7 Å². The molecular formula is C24H31N5O3S. The first-order chi connectivity index (χ1) is 16.1. The van der Waals surface area contributed by atoms with Crippen molar-refractivity contribution in [1.82, 2.24) is 15.0 Å². The zero-order chi connectivity index (χ0) is 22.4. The second kappa shape index (κ2) is 8.60. The maximum atomic E-state index is 10.1. The van der Waals surface area contributed by atoms with Gasteiger partial charge < -0.3 is 24.4 Å². The second-order valence-electron chi connectivity index (χ2n) is 9.95. The summed E-state index contributed by atoms with van der Waals surface area (Å²) in [4.78, 5) is 19.8. The quantitative estimate of drug-likeness (QED) is 0.726. The van der Waals surface area contributed by atoms with Gasteiger partial charge in [0.1, 0.15) is 17.3 Å². The smallest absolute Gasteiger partial charge is 0.175 e. The molecule has 4 aliphatic rings. The lowest BCUT2D eigenvalue weighted by molar-refractivity contribution is 0.133. The van der Waals surface area contributed by atoms with Crippen LogP contribution in [0.3, 0.4) is 0 Å². The molecule has 1 N–H and O–H groups in total. The fraction of sp³-hybridized carbons (Fsp3) is 0.625. The molecule has 9 heteroatoms. The van der Waals surface area contributed by atoms with E-state index in [4.69, 9.17) is 19.4 Å². The van der Waals surface area contributed by atoms with Crippen molar-refractivity contribution in [2.45, 2.75) is 55.2 Å². The van der Waals surface area contributed by atoms with Crippen molar-refractivity contribution in [3.05, 3.63) is 24.2 Å². The van der Waals surface area contributed by atoms with Crippen molar-refractivity contribution >= 4 is 23.4 Å². The minimum absolute atomic E-state index is 0.125. The van der Waals surface area contributed by atoms with Gasteiger partial charge in [-0.25, -0.2) is 15.0 Å². The predicted octanol–water partition coefficient (Wildman–Crippen LogP) is 3.13. The van der Waals surface area contributed by atoms with Gasteiger partial charge in [0.05, 0.1) is 30.3 Å². The molecule has 0 aromatic carbocycles. The van der Waals surface area contributed by atoms with Crippen LogP contribution in [0.1, 0.15) is 38.3 Å². The number of rotatable bonds is 4. The lowest BCUT2D eigenvalue weighted by Crippen LogP contribution is -2.41. The highest BCUT2D eigenvalue weighted by molar-refractivity contribution is 7.99. The minimum atomic E-state index is -0.125. The highest BCUT2D eigenvalue weighted by atomic mass is 32.2. The molecule has 2 aromatic rings. The number of hydrogen-bond donors (Lipinski definition) is 1. The molecule has 2 atom stereocenters. The van der Waals surface area contributed by atoms with E-state index in [-0.39, 0.29) is 6.61 Å².